The zero-order chi connectivity index (χ0) is 33.1. The number of carboxylic acid groups (broad SMARTS) is 1. The first kappa shape index (κ1) is 31.7. The van der Waals surface area contributed by atoms with Gasteiger partial charge in [-0.3, -0.25) is 18.5 Å². The maximum atomic E-state index is 13.7. The van der Waals surface area contributed by atoms with Crippen molar-refractivity contribution in [3.05, 3.63) is 80.4 Å². The molecule has 5 N–H and O–H groups in total. The van der Waals surface area contributed by atoms with Gasteiger partial charge in [0.15, 0.2) is 11.2 Å². The second-order valence-corrected chi connectivity index (χ2v) is 10.9. The van der Waals surface area contributed by atoms with Gasteiger partial charge in [-0.05, 0) is 51.0 Å². The van der Waals surface area contributed by atoms with Crippen molar-refractivity contribution in [2.24, 2.45) is 12.8 Å². The zero-order valence-electron chi connectivity index (χ0n) is 25.6. The van der Waals surface area contributed by atoms with Crippen LogP contribution in [0.4, 0.5) is 5.95 Å². The zero-order valence-corrected chi connectivity index (χ0v) is 25.6. The number of nitrogens with two attached hydrogens (primary N) is 1. The molecule has 14 heteroatoms. The maximum absolute atomic E-state index is 13.7. The number of carboxylic acids is 1. The van der Waals surface area contributed by atoms with E-state index < -0.39 is 17.2 Å². The molecular weight excluding hydrogens is 592 g/mol. The Morgan fingerprint density at radius 1 is 1.09 bits per heavy atom. The number of phenols is 2. The summed E-state index contributed by atoms with van der Waals surface area (Å²) in [4.78, 5) is 53.3. The van der Waals surface area contributed by atoms with Crippen molar-refractivity contribution in [1.29, 1.82) is 0 Å². The van der Waals surface area contributed by atoms with Crippen LogP contribution in [0.5, 0.6) is 11.5 Å². The van der Waals surface area contributed by atoms with Crippen molar-refractivity contribution in [2.45, 2.75) is 45.8 Å². The van der Waals surface area contributed by atoms with Crippen LogP contribution >= 0.6 is 0 Å². The molecule has 0 saturated carbocycles. The van der Waals surface area contributed by atoms with Gasteiger partial charge in [0.05, 0.1) is 18.6 Å². The van der Waals surface area contributed by atoms with Crippen molar-refractivity contribution in [3.63, 3.8) is 0 Å². The van der Waals surface area contributed by atoms with Crippen LogP contribution < -0.4 is 21.9 Å². The number of rotatable bonds is 5. The highest BCUT2D eigenvalue weighted by Crippen LogP contribution is 2.23. The van der Waals surface area contributed by atoms with Gasteiger partial charge in [0, 0.05) is 37.3 Å². The smallest absolute Gasteiger partial charge is 0.339 e. The molecule has 0 radical (unpaired) electrons. The summed E-state index contributed by atoms with van der Waals surface area (Å²) < 4.78 is 4.39. The normalized spacial score (nSPS) is 14.4. The second-order valence-electron chi connectivity index (χ2n) is 10.9. The molecule has 1 saturated heterocycles. The summed E-state index contributed by atoms with van der Waals surface area (Å²) in [6.45, 7) is 5.31. The molecule has 1 aliphatic rings. The van der Waals surface area contributed by atoms with E-state index >= 15 is 0 Å². The van der Waals surface area contributed by atoms with Crippen LogP contribution in [-0.2, 0) is 20.1 Å². The fourth-order valence-electron chi connectivity index (χ4n) is 5.44. The number of imidazole rings is 1. The molecule has 0 aliphatic carbocycles. The lowest BCUT2D eigenvalue weighted by atomic mass is 10.1. The number of nitrogens with zero attached hydrogens (tertiary/aromatic N) is 7. The van der Waals surface area contributed by atoms with Crippen molar-refractivity contribution in [3.8, 4) is 23.3 Å². The van der Waals surface area contributed by atoms with Crippen LogP contribution in [0.3, 0.4) is 0 Å². The molecule has 5 aromatic rings. The molecule has 3 aromatic heterocycles. The molecule has 2 aromatic carbocycles. The molecular formula is C32H34N8O6. The number of piperidine rings is 1. The number of carbonyl (C=O) groups is 1. The van der Waals surface area contributed by atoms with Gasteiger partial charge in [-0.1, -0.05) is 24.1 Å². The predicted molar refractivity (Wildman–Crippen MR) is 172 cm³/mol. The van der Waals surface area contributed by atoms with E-state index in [1.807, 2.05) is 31.2 Å². The first-order chi connectivity index (χ1) is 22.0. The number of anilines is 1. The minimum absolute atomic E-state index is 0.0306. The van der Waals surface area contributed by atoms with Crippen LogP contribution in [0, 0.1) is 18.8 Å². The minimum Gasteiger partial charge on any atom is -0.508 e. The lowest BCUT2D eigenvalue weighted by Gasteiger charge is -2.31. The summed E-state index contributed by atoms with van der Waals surface area (Å²) in [5.41, 5.74) is 7.24. The first-order valence-electron chi connectivity index (χ1n) is 14.6. The number of aromatic hydroxyl groups is 2. The van der Waals surface area contributed by atoms with Crippen LogP contribution in [0.1, 0.15) is 41.6 Å². The van der Waals surface area contributed by atoms with E-state index in [1.54, 1.807) is 18.5 Å². The molecule has 14 nitrogen and oxygen atoms in total. The van der Waals surface area contributed by atoms with E-state index in [1.165, 1.54) is 15.2 Å². The van der Waals surface area contributed by atoms with E-state index in [0.717, 1.165) is 48.1 Å². The van der Waals surface area contributed by atoms with E-state index in [-0.39, 0.29) is 36.2 Å². The van der Waals surface area contributed by atoms with Gasteiger partial charge >= 0.3 is 11.7 Å². The number of hydrogen-bond donors (Lipinski definition) is 4. The number of benzene rings is 2. The third-order valence-corrected chi connectivity index (χ3v) is 7.72. The third-order valence-electron chi connectivity index (χ3n) is 7.72. The predicted octanol–water partition coefficient (Wildman–Crippen LogP) is 1.94. The van der Waals surface area contributed by atoms with Gasteiger partial charge < -0.3 is 26.0 Å². The molecule has 0 amide bonds. The first-order valence-corrected chi connectivity index (χ1v) is 14.6. The van der Waals surface area contributed by atoms with E-state index in [2.05, 4.69) is 26.7 Å². The van der Waals surface area contributed by atoms with E-state index in [4.69, 9.17) is 26.0 Å². The maximum Gasteiger partial charge on any atom is 0.339 e. The Morgan fingerprint density at radius 3 is 2.54 bits per heavy atom. The molecule has 238 valence electrons. The van der Waals surface area contributed by atoms with Crippen LogP contribution in [0.2, 0.25) is 0 Å². The molecule has 6 rings (SSSR count). The largest absolute Gasteiger partial charge is 0.508 e. The van der Waals surface area contributed by atoms with Crippen LogP contribution in [0.15, 0.2) is 52.1 Å². The Hall–Kier alpha value is -5.68. The van der Waals surface area contributed by atoms with Crippen LogP contribution in [0.25, 0.3) is 22.1 Å². The molecule has 0 bridgehead atoms. The number of fused-ring (bicyclic) bond motifs is 2. The summed E-state index contributed by atoms with van der Waals surface area (Å²) in [6.07, 6.45) is 1.88. The number of hydrogen-bond acceptors (Lipinski definition) is 10. The Balaban J connectivity index is 0.000000322. The molecule has 1 atom stereocenters. The number of aryl methyl sites for hydroxylation is 2. The topological polar surface area (TPSA) is 195 Å². The Labute approximate surface area is 263 Å². The minimum atomic E-state index is -1.27. The van der Waals surface area contributed by atoms with Gasteiger partial charge in [-0.2, -0.15) is 4.98 Å². The number of aromatic nitrogens is 6. The SMILES string of the molecule is CC#CCn1c(N2CCC[C@@H](N)C2)nc2c1c(=O)n(Cc1nc(C)c3ccccc3n1)c(=O)n2C.O=C(O)c1cc(O)ccc1O. The van der Waals surface area contributed by atoms with Crippen LogP contribution in [-0.4, -0.2) is 69.1 Å². The second kappa shape index (κ2) is 13.1. The Morgan fingerprint density at radius 2 is 1.85 bits per heavy atom. The van der Waals surface area contributed by atoms with E-state index in [0.29, 0.717) is 29.5 Å². The number of phenolic OH excluding ortho intramolecular Hbond substituents is 1. The average Bonchev–Trinajstić information content (AvgIpc) is 3.42. The van der Waals surface area contributed by atoms with Gasteiger partial charge in [0.2, 0.25) is 5.95 Å². The lowest BCUT2D eigenvalue weighted by Crippen LogP contribution is -2.44. The highest BCUT2D eigenvalue weighted by atomic mass is 16.4. The van der Waals surface area contributed by atoms with Gasteiger partial charge in [0.25, 0.3) is 5.56 Å². The highest BCUT2D eigenvalue weighted by Gasteiger charge is 2.26. The summed E-state index contributed by atoms with van der Waals surface area (Å²) in [7, 11) is 1.63. The molecule has 4 heterocycles. The third kappa shape index (κ3) is 6.26. The molecule has 46 heavy (non-hydrogen) atoms. The number of aromatic carboxylic acids is 1. The van der Waals surface area contributed by atoms with Crippen molar-refractivity contribution in [1.82, 2.24) is 28.7 Å². The summed E-state index contributed by atoms with van der Waals surface area (Å²) in [5, 5.41) is 27.1. The highest BCUT2D eigenvalue weighted by molar-refractivity contribution is 5.91. The molecule has 1 fully saturated rings. The van der Waals surface area contributed by atoms with Gasteiger partial charge in [-0.15, -0.1) is 5.92 Å². The number of para-hydroxylation sites is 1. The van der Waals surface area contributed by atoms with Crippen molar-refractivity contribution in [2.75, 3.05) is 18.0 Å². The van der Waals surface area contributed by atoms with Gasteiger partial charge in [-0.25, -0.2) is 19.6 Å². The van der Waals surface area contributed by atoms with Crippen molar-refractivity contribution < 1.29 is 20.1 Å². The van der Waals surface area contributed by atoms with Crippen molar-refractivity contribution >= 4 is 34.0 Å². The Bertz CT molecular complexity index is 2140. The quantitative estimate of drug-likeness (QED) is 0.164. The molecule has 0 unspecified atom stereocenters. The lowest BCUT2D eigenvalue weighted by molar-refractivity contribution is 0.0693. The van der Waals surface area contributed by atoms with E-state index in [9.17, 15) is 14.4 Å². The standard InChI is InChI=1S/C25H28N8O2.C7H6O4/c1-4-5-13-32-21-22(29-24(32)31-12-8-9-17(26)14-31)30(3)25(35)33(23(21)34)15-20-27-16(2)18-10-6-7-11-19(18)28-20;8-4-1-2-6(9)5(3-4)7(10)11/h6-7,10-11,17H,8-9,12-15,26H2,1-3H3;1-3,8-9H,(H,10,11)/t17-;/m1./s1. The van der Waals surface area contributed by atoms with Gasteiger partial charge in [0.1, 0.15) is 22.9 Å². The Kier molecular flexibility index (Phi) is 9.06. The fraction of sp³-hybridized carbons (Fsp3) is 0.312. The fourth-order valence-corrected chi connectivity index (χ4v) is 5.44. The molecule has 0 spiro atoms. The average molecular weight is 627 g/mol. The monoisotopic (exact) mass is 626 g/mol. The summed E-state index contributed by atoms with van der Waals surface area (Å²) >= 11 is 0. The molecule has 1 aliphatic heterocycles. The summed E-state index contributed by atoms with van der Waals surface area (Å²) in [5.74, 6) is 5.16. The summed E-state index contributed by atoms with van der Waals surface area (Å²) in [6, 6.07) is 11.0.